The second-order valence-corrected chi connectivity index (χ2v) is 9.29. The summed E-state index contributed by atoms with van der Waals surface area (Å²) in [5.74, 6) is 0. The molecule has 6 aromatic rings. The van der Waals surface area contributed by atoms with E-state index in [4.69, 9.17) is 5.41 Å². The summed E-state index contributed by atoms with van der Waals surface area (Å²) in [7, 11) is 0. The zero-order valence-electron chi connectivity index (χ0n) is 18.0. The van der Waals surface area contributed by atoms with Crippen molar-refractivity contribution in [1.82, 2.24) is 0 Å². The first-order valence-corrected chi connectivity index (χ1v) is 11.8. The Morgan fingerprint density at radius 3 is 1.82 bits per heavy atom. The zero-order valence-corrected chi connectivity index (χ0v) is 18.8. The van der Waals surface area contributed by atoms with Crippen molar-refractivity contribution in [2.75, 3.05) is 0 Å². The first-order chi connectivity index (χ1) is 16.3. The monoisotopic (exact) mass is 439 g/mol. The van der Waals surface area contributed by atoms with Crippen LogP contribution in [0.3, 0.4) is 0 Å². The predicted octanol–water partition coefficient (Wildman–Crippen LogP) is 9.05. The second-order valence-electron chi connectivity index (χ2n) is 8.20. The van der Waals surface area contributed by atoms with Gasteiger partial charge in [-0.1, -0.05) is 91.0 Å². The molecule has 5 aromatic carbocycles. The smallest absolute Gasteiger partial charge is 0.0361 e. The first-order valence-electron chi connectivity index (χ1n) is 11.0. The number of benzene rings is 5. The van der Waals surface area contributed by atoms with Crippen molar-refractivity contribution in [1.29, 1.82) is 5.41 Å². The fourth-order valence-electron chi connectivity index (χ4n) is 4.52. The van der Waals surface area contributed by atoms with Crippen molar-refractivity contribution >= 4 is 37.7 Å². The van der Waals surface area contributed by atoms with Crippen LogP contribution in [0.5, 0.6) is 0 Å². The number of fused-ring (bicyclic) bond motifs is 3. The molecule has 1 N–H and O–H groups in total. The summed E-state index contributed by atoms with van der Waals surface area (Å²) in [6.45, 7) is 0. The lowest BCUT2D eigenvalue weighted by Crippen LogP contribution is -1.83. The highest BCUT2D eigenvalue weighted by atomic mass is 32.1. The van der Waals surface area contributed by atoms with Gasteiger partial charge in [0, 0.05) is 32.0 Å². The van der Waals surface area contributed by atoms with Crippen molar-refractivity contribution in [2.45, 2.75) is 0 Å². The van der Waals surface area contributed by atoms with E-state index >= 15 is 0 Å². The van der Waals surface area contributed by atoms with Gasteiger partial charge in [0.1, 0.15) is 0 Å². The van der Waals surface area contributed by atoms with Crippen LogP contribution in [0, 0.1) is 5.41 Å². The van der Waals surface area contributed by atoms with E-state index in [1.165, 1.54) is 59.8 Å². The number of hydrogen-bond donors (Lipinski definition) is 1. The number of hydrogen-bond acceptors (Lipinski definition) is 2. The molecule has 0 radical (unpaired) electrons. The Labute approximate surface area is 197 Å². The molecule has 156 valence electrons. The van der Waals surface area contributed by atoms with Crippen molar-refractivity contribution < 1.29 is 0 Å². The maximum Gasteiger partial charge on any atom is 0.0361 e. The largest absolute Gasteiger partial charge is 0.308 e. The minimum Gasteiger partial charge on any atom is -0.308 e. The van der Waals surface area contributed by atoms with Crippen LogP contribution in [0.2, 0.25) is 0 Å². The molecule has 0 amide bonds. The van der Waals surface area contributed by atoms with Gasteiger partial charge >= 0.3 is 0 Å². The van der Waals surface area contributed by atoms with Crippen LogP contribution in [-0.4, -0.2) is 6.21 Å². The lowest BCUT2D eigenvalue weighted by Gasteiger charge is -2.08. The van der Waals surface area contributed by atoms with Gasteiger partial charge in [-0.15, -0.1) is 11.3 Å². The van der Waals surface area contributed by atoms with Crippen LogP contribution in [-0.2, 0) is 0 Å². The van der Waals surface area contributed by atoms with Gasteiger partial charge in [0.25, 0.3) is 0 Å². The van der Waals surface area contributed by atoms with Crippen molar-refractivity contribution in [3.8, 4) is 33.4 Å². The molecule has 0 saturated heterocycles. The average Bonchev–Trinajstić information content (AvgIpc) is 3.27. The summed E-state index contributed by atoms with van der Waals surface area (Å²) >= 11 is 1.79. The first kappa shape index (κ1) is 19.7. The Bertz CT molecular complexity index is 1610. The van der Waals surface area contributed by atoms with Gasteiger partial charge in [-0.25, -0.2) is 0 Å². The Kier molecular flexibility index (Phi) is 4.86. The van der Waals surface area contributed by atoms with E-state index in [-0.39, 0.29) is 0 Å². The summed E-state index contributed by atoms with van der Waals surface area (Å²) < 4.78 is 2.49. The Hall–Kier alpha value is -4.01. The third-order valence-electron chi connectivity index (χ3n) is 6.20. The second kappa shape index (κ2) is 8.16. The van der Waals surface area contributed by atoms with E-state index in [9.17, 15) is 0 Å². The number of thiophene rings is 1. The minimum atomic E-state index is 0.975. The Morgan fingerprint density at radius 1 is 0.485 bits per heavy atom. The van der Waals surface area contributed by atoms with Crippen LogP contribution in [0.15, 0.2) is 115 Å². The molecule has 0 unspecified atom stereocenters. The van der Waals surface area contributed by atoms with Crippen molar-refractivity contribution in [3.05, 3.63) is 121 Å². The maximum atomic E-state index is 7.83. The van der Waals surface area contributed by atoms with Crippen molar-refractivity contribution in [3.63, 3.8) is 0 Å². The molecular formula is C31H21NS. The molecule has 1 nitrogen and oxygen atoms in total. The average molecular weight is 440 g/mol. The highest BCUT2D eigenvalue weighted by Crippen LogP contribution is 2.38. The highest BCUT2D eigenvalue weighted by molar-refractivity contribution is 7.25. The molecule has 0 aliphatic carbocycles. The molecule has 0 spiro atoms. The van der Waals surface area contributed by atoms with E-state index in [1.54, 1.807) is 11.3 Å². The summed E-state index contributed by atoms with van der Waals surface area (Å²) in [4.78, 5) is 0. The SMILES string of the molecule is N=Cc1cccc2sc3ccc(-c4cccc(-c5ccc(-c6ccccc6)cc5)c4)cc3c12. The van der Waals surface area contributed by atoms with Gasteiger partial charge in [0.2, 0.25) is 0 Å². The Balaban J connectivity index is 1.40. The summed E-state index contributed by atoms with van der Waals surface area (Å²) in [5.41, 5.74) is 8.26. The lowest BCUT2D eigenvalue weighted by molar-refractivity contribution is 1.56. The third-order valence-corrected chi connectivity index (χ3v) is 7.34. The quantitative estimate of drug-likeness (QED) is 0.265. The van der Waals surface area contributed by atoms with Gasteiger partial charge in [-0.05, 0) is 57.6 Å². The van der Waals surface area contributed by atoms with Gasteiger partial charge in [-0.2, -0.15) is 0 Å². The summed E-state index contributed by atoms with van der Waals surface area (Å²) in [6, 6.07) is 40.9. The molecule has 6 rings (SSSR count). The molecule has 0 bridgehead atoms. The standard InChI is InChI=1S/C31H21NS/c32-20-27-10-5-11-30-31(27)28-19-26(16-17-29(28)33-30)25-9-4-8-24(18-25)23-14-12-22(13-15-23)21-6-2-1-3-7-21/h1-20,32H. The molecule has 0 aliphatic rings. The number of nitrogens with one attached hydrogen (secondary N) is 1. The molecule has 1 heterocycles. The lowest BCUT2D eigenvalue weighted by atomic mass is 9.96. The van der Waals surface area contributed by atoms with Crippen LogP contribution >= 0.6 is 11.3 Å². The van der Waals surface area contributed by atoms with Gasteiger partial charge in [0.15, 0.2) is 0 Å². The van der Waals surface area contributed by atoms with Crippen LogP contribution < -0.4 is 0 Å². The Morgan fingerprint density at radius 2 is 1.06 bits per heavy atom. The van der Waals surface area contributed by atoms with Crippen LogP contribution in [0.1, 0.15) is 5.56 Å². The normalized spacial score (nSPS) is 11.2. The van der Waals surface area contributed by atoms with E-state index in [2.05, 4.69) is 97.1 Å². The van der Waals surface area contributed by atoms with Gasteiger partial charge < -0.3 is 5.41 Å². The molecule has 0 saturated carbocycles. The van der Waals surface area contributed by atoms with E-state index in [0.29, 0.717) is 0 Å². The van der Waals surface area contributed by atoms with Gasteiger partial charge in [0.05, 0.1) is 0 Å². The fourth-order valence-corrected chi connectivity index (χ4v) is 5.64. The fraction of sp³-hybridized carbons (Fsp3) is 0. The molecule has 2 heteroatoms. The van der Waals surface area contributed by atoms with Crippen LogP contribution in [0.25, 0.3) is 53.6 Å². The maximum absolute atomic E-state index is 7.83. The summed E-state index contributed by atoms with van der Waals surface area (Å²) in [6.07, 6.45) is 1.46. The van der Waals surface area contributed by atoms with E-state index in [1.807, 2.05) is 18.2 Å². The summed E-state index contributed by atoms with van der Waals surface area (Å²) in [5, 5.41) is 10.2. The van der Waals surface area contributed by atoms with Crippen molar-refractivity contribution in [2.24, 2.45) is 0 Å². The van der Waals surface area contributed by atoms with E-state index < -0.39 is 0 Å². The molecule has 1 aromatic heterocycles. The third kappa shape index (κ3) is 3.55. The molecule has 0 fully saturated rings. The molecule has 33 heavy (non-hydrogen) atoms. The topological polar surface area (TPSA) is 23.9 Å². The molecular weight excluding hydrogens is 418 g/mol. The van der Waals surface area contributed by atoms with Crippen LogP contribution in [0.4, 0.5) is 0 Å². The zero-order chi connectivity index (χ0) is 22.2. The van der Waals surface area contributed by atoms with Gasteiger partial charge in [-0.3, -0.25) is 0 Å². The highest BCUT2D eigenvalue weighted by Gasteiger charge is 2.10. The molecule has 0 atom stereocenters. The predicted molar refractivity (Wildman–Crippen MR) is 144 cm³/mol. The molecule has 0 aliphatic heterocycles. The number of rotatable bonds is 4. The van der Waals surface area contributed by atoms with E-state index in [0.717, 1.165) is 5.56 Å². The minimum absolute atomic E-state index is 0.975.